The van der Waals surface area contributed by atoms with E-state index in [0.29, 0.717) is 4.99 Å². The highest BCUT2D eigenvalue weighted by molar-refractivity contribution is 7.80. The van der Waals surface area contributed by atoms with Gasteiger partial charge in [0.1, 0.15) is 4.99 Å². The smallest absolute Gasteiger partial charge is 0.106 e. The molecular formula is C17H16N2S. The van der Waals surface area contributed by atoms with Crippen LogP contribution in [0.4, 0.5) is 0 Å². The van der Waals surface area contributed by atoms with E-state index >= 15 is 0 Å². The lowest BCUT2D eigenvalue weighted by molar-refractivity contribution is 1.14. The summed E-state index contributed by atoms with van der Waals surface area (Å²) in [6.45, 7) is 2.15. The highest BCUT2D eigenvalue weighted by Gasteiger charge is 2.14. The SMILES string of the molecule is CCc1ccc(-c2[nH]c3ccccc3c2C(N)=S)cc1. The van der Waals surface area contributed by atoms with Crippen LogP contribution in [0.1, 0.15) is 18.1 Å². The molecular weight excluding hydrogens is 264 g/mol. The summed E-state index contributed by atoms with van der Waals surface area (Å²) in [6, 6.07) is 16.6. The number of hydrogen-bond donors (Lipinski definition) is 2. The normalized spacial score (nSPS) is 10.8. The monoisotopic (exact) mass is 280 g/mol. The van der Waals surface area contributed by atoms with Gasteiger partial charge in [-0.1, -0.05) is 61.6 Å². The largest absolute Gasteiger partial charge is 0.389 e. The van der Waals surface area contributed by atoms with Gasteiger partial charge in [-0.05, 0) is 23.6 Å². The molecule has 0 fully saturated rings. The van der Waals surface area contributed by atoms with Gasteiger partial charge < -0.3 is 10.7 Å². The first kappa shape index (κ1) is 12.9. The van der Waals surface area contributed by atoms with Crippen LogP contribution in [-0.4, -0.2) is 9.97 Å². The Balaban J connectivity index is 2.23. The lowest BCUT2D eigenvalue weighted by atomic mass is 10.0. The van der Waals surface area contributed by atoms with Crippen molar-refractivity contribution < 1.29 is 0 Å². The number of nitrogens with two attached hydrogens (primary N) is 1. The Morgan fingerprint density at radius 3 is 2.45 bits per heavy atom. The average Bonchev–Trinajstić information content (AvgIpc) is 2.86. The van der Waals surface area contributed by atoms with E-state index in [4.69, 9.17) is 18.0 Å². The summed E-state index contributed by atoms with van der Waals surface area (Å²) in [4.78, 5) is 3.86. The molecule has 3 N–H and O–H groups in total. The van der Waals surface area contributed by atoms with Crippen LogP contribution in [0.25, 0.3) is 22.2 Å². The predicted molar refractivity (Wildman–Crippen MR) is 89.0 cm³/mol. The van der Waals surface area contributed by atoms with Crippen LogP contribution in [0, 0.1) is 0 Å². The second-order valence-electron chi connectivity index (χ2n) is 4.84. The van der Waals surface area contributed by atoms with Crippen molar-refractivity contribution in [1.82, 2.24) is 4.98 Å². The van der Waals surface area contributed by atoms with Gasteiger partial charge >= 0.3 is 0 Å². The van der Waals surface area contributed by atoms with Crippen LogP contribution < -0.4 is 5.73 Å². The Hall–Kier alpha value is -2.13. The predicted octanol–water partition coefficient (Wildman–Crippen LogP) is 4.03. The molecule has 0 atom stereocenters. The third kappa shape index (κ3) is 2.10. The van der Waals surface area contributed by atoms with Crippen molar-refractivity contribution in [1.29, 1.82) is 0 Å². The van der Waals surface area contributed by atoms with Gasteiger partial charge in [0, 0.05) is 16.5 Å². The van der Waals surface area contributed by atoms with Crippen LogP contribution in [0.3, 0.4) is 0 Å². The summed E-state index contributed by atoms with van der Waals surface area (Å²) >= 11 is 5.24. The number of H-pyrrole nitrogens is 1. The van der Waals surface area contributed by atoms with Crippen LogP contribution in [0.5, 0.6) is 0 Å². The van der Waals surface area contributed by atoms with Gasteiger partial charge in [0.15, 0.2) is 0 Å². The van der Waals surface area contributed by atoms with E-state index in [0.717, 1.165) is 34.1 Å². The van der Waals surface area contributed by atoms with Crippen molar-refractivity contribution in [3.8, 4) is 11.3 Å². The van der Waals surface area contributed by atoms with Gasteiger partial charge in [-0.3, -0.25) is 0 Å². The molecule has 0 unspecified atom stereocenters. The molecule has 20 heavy (non-hydrogen) atoms. The second kappa shape index (κ2) is 5.10. The van der Waals surface area contributed by atoms with Crippen molar-refractivity contribution >= 4 is 28.1 Å². The highest BCUT2D eigenvalue weighted by Crippen LogP contribution is 2.30. The fourth-order valence-electron chi connectivity index (χ4n) is 2.52. The van der Waals surface area contributed by atoms with E-state index in [2.05, 4.69) is 36.2 Å². The maximum absolute atomic E-state index is 5.93. The molecule has 0 spiro atoms. The highest BCUT2D eigenvalue weighted by atomic mass is 32.1. The Kier molecular flexibility index (Phi) is 3.28. The quantitative estimate of drug-likeness (QED) is 0.711. The van der Waals surface area contributed by atoms with Crippen LogP contribution in [-0.2, 0) is 6.42 Å². The maximum atomic E-state index is 5.93. The Morgan fingerprint density at radius 1 is 1.10 bits per heavy atom. The van der Waals surface area contributed by atoms with Crippen molar-refractivity contribution in [2.75, 3.05) is 0 Å². The number of rotatable bonds is 3. The topological polar surface area (TPSA) is 41.8 Å². The molecule has 0 aliphatic heterocycles. The minimum Gasteiger partial charge on any atom is -0.389 e. The average molecular weight is 280 g/mol. The number of aromatic amines is 1. The molecule has 100 valence electrons. The van der Waals surface area contributed by atoms with Crippen LogP contribution in [0.2, 0.25) is 0 Å². The molecule has 2 aromatic carbocycles. The van der Waals surface area contributed by atoms with Gasteiger partial charge in [0.2, 0.25) is 0 Å². The van der Waals surface area contributed by atoms with E-state index < -0.39 is 0 Å². The number of nitrogens with one attached hydrogen (secondary N) is 1. The molecule has 0 radical (unpaired) electrons. The number of aryl methyl sites for hydroxylation is 1. The third-order valence-electron chi connectivity index (χ3n) is 3.60. The zero-order valence-electron chi connectivity index (χ0n) is 11.3. The third-order valence-corrected chi connectivity index (χ3v) is 3.81. The summed E-state index contributed by atoms with van der Waals surface area (Å²) in [7, 11) is 0. The molecule has 1 heterocycles. The van der Waals surface area contributed by atoms with Gasteiger partial charge in [-0.2, -0.15) is 0 Å². The summed E-state index contributed by atoms with van der Waals surface area (Å²) in [6.07, 6.45) is 1.04. The minimum absolute atomic E-state index is 0.428. The summed E-state index contributed by atoms with van der Waals surface area (Å²) < 4.78 is 0. The van der Waals surface area contributed by atoms with Gasteiger partial charge in [0.05, 0.1) is 5.69 Å². The van der Waals surface area contributed by atoms with Crippen LogP contribution >= 0.6 is 12.2 Å². The summed E-state index contributed by atoms with van der Waals surface area (Å²) in [5, 5.41) is 1.08. The summed E-state index contributed by atoms with van der Waals surface area (Å²) in [5.74, 6) is 0. The molecule has 3 heteroatoms. The summed E-state index contributed by atoms with van der Waals surface area (Å²) in [5.41, 5.74) is 11.4. The molecule has 0 amide bonds. The molecule has 1 aromatic heterocycles. The zero-order chi connectivity index (χ0) is 14.1. The second-order valence-corrected chi connectivity index (χ2v) is 5.28. The Morgan fingerprint density at radius 2 is 1.80 bits per heavy atom. The fourth-order valence-corrected chi connectivity index (χ4v) is 2.73. The molecule has 0 saturated carbocycles. The van der Waals surface area contributed by atoms with Crippen molar-refractivity contribution in [3.63, 3.8) is 0 Å². The van der Waals surface area contributed by atoms with E-state index in [9.17, 15) is 0 Å². The molecule has 0 saturated heterocycles. The number of benzene rings is 2. The molecule has 0 aliphatic carbocycles. The molecule has 3 aromatic rings. The number of fused-ring (bicyclic) bond motifs is 1. The molecule has 2 nitrogen and oxygen atoms in total. The first-order valence-electron chi connectivity index (χ1n) is 6.70. The fraction of sp³-hybridized carbons (Fsp3) is 0.118. The van der Waals surface area contributed by atoms with Gasteiger partial charge in [-0.15, -0.1) is 0 Å². The zero-order valence-corrected chi connectivity index (χ0v) is 12.1. The first-order valence-corrected chi connectivity index (χ1v) is 7.11. The number of thiocarbonyl (C=S) groups is 1. The molecule has 0 bridgehead atoms. The lowest BCUT2D eigenvalue weighted by Gasteiger charge is -2.04. The van der Waals surface area contributed by atoms with Crippen molar-refractivity contribution in [2.24, 2.45) is 5.73 Å². The van der Waals surface area contributed by atoms with Crippen molar-refractivity contribution in [3.05, 3.63) is 59.7 Å². The van der Waals surface area contributed by atoms with E-state index in [-0.39, 0.29) is 0 Å². The number of hydrogen-bond acceptors (Lipinski definition) is 1. The number of para-hydroxylation sites is 1. The molecule has 0 aliphatic rings. The minimum atomic E-state index is 0.428. The van der Waals surface area contributed by atoms with E-state index in [1.807, 2.05) is 24.3 Å². The van der Waals surface area contributed by atoms with Crippen molar-refractivity contribution in [2.45, 2.75) is 13.3 Å². The maximum Gasteiger partial charge on any atom is 0.106 e. The standard InChI is InChI=1S/C17H16N2S/c1-2-11-7-9-12(10-8-11)16-15(17(18)20)13-5-3-4-6-14(13)19-16/h3-10,19H,2H2,1H3,(H2,18,20). The Bertz CT molecular complexity index is 769. The lowest BCUT2D eigenvalue weighted by Crippen LogP contribution is -2.10. The van der Waals surface area contributed by atoms with Gasteiger partial charge in [-0.25, -0.2) is 0 Å². The van der Waals surface area contributed by atoms with Crippen LogP contribution in [0.15, 0.2) is 48.5 Å². The first-order chi connectivity index (χ1) is 9.70. The molecule has 3 rings (SSSR count). The van der Waals surface area contributed by atoms with E-state index in [1.54, 1.807) is 0 Å². The van der Waals surface area contributed by atoms with Gasteiger partial charge in [0.25, 0.3) is 0 Å². The number of aromatic nitrogens is 1. The Labute approximate surface area is 123 Å². The van der Waals surface area contributed by atoms with E-state index in [1.165, 1.54) is 5.56 Å².